The van der Waals surface area contributed by atoms with Gasteiger partial charge in [0.15, 0.2) is 0 Å². The number of nitrogens with zero attached hydrogens (tertiary/aromatic N) is 3. The topological polar surface area (TPSA) is 61.0 Å². The molecule has 0 radical (unpaired) electrons. The molecule has 0 bridgehead atoms. The van der Waals surface area contributed by atoms with Crippen LogP contribution in [-0.2, 0) is 0 Å². The molecule has 0 saturated heterocycles. The first-order valence-corrected chi connectivity index (χ1v) is 4.92. The Bertz CT molecular complexity index is 551. The lowest BCUT2D eigenvalue weighted by Gasteiger charge is -2.01. The average Bonchev–Trinajstić information content (AvgIpc) is 2.60. The zero-order valence-electron chi connectivity index (χ0n) is 8.42. The predicted molar refractivity (Wildman–Crippen MR) is 60.0 cm³/mol. The Morgan fingerprint density at radius 1 is 1.50 bits per heavy atom. The van der Waals surface area contributed by atoms with E-state index in [-0.39, 0.29) is 5.82 Å². The van der Waals surface area contributed by atoms with Gasteiger partial charge in [-0.1, -0.05) is 17.7 Å². The third-order valence-corrected chi connectivity index (χ3v) is 2.38. The highest BCUT2D eigenvalue weighted by molar-refractivity contribution is 6.30. The van der Waals surface area contributed by atoms with E-state index in [9.17, 15) is 10.1 Å². The van der Waals surface area contributed by atoms with E-state index in [4.69, 9.17) is 11.6 Å². The van der Waals surface area contributed by atoms with Gasteiger partial charge in [0.2, 0.25) is 5.82 Å². The molecule has 1 heterocycles. The second-order valence-corrected chi connectivity index (χ2v) is 3.69. The van der Waals surface area contributed by atoms with Crippen molar-refractivity contribution in [3.8, 4) is 5.69 Å². The van der Waals surface area contributed by atoms with Crippen LogP contribution in [0.4, 0.5) is 5.82 Å². The molecule has 82 valence electrons. The summed E-state index contributed by atoms with van der Waals surface area (Å²) in [6, 6.07) is 7.05. The van der Waals surface area contributed by atoms with Gasteiger partial charge in [0.05, 0.1) is 5.69 Å². The zero-order valence-corrected chi connectivity index (χ0v) is 9.18. The number of hydrogen-bond acceptors (Lipinski definition) is 3. The lowest BCUT2D eigenvalue weighted by molar-refractivity contribution is -0.389. The number of rotatable bonds is 2. The van der Waals surface area contributed by atoms with Gasteiger partial charge in [-0.05, 0) is 28.1 Å². The lowest BCUT2D eigenvalue weighted by atomic mass is 10.3. The van der Waals surface area contributed by atoms with Crippen molar-refractivity contribution in [2.45, 2.75) is 6.92 Å². The minimum absolute atomic E-state index is 0.169. The first-order chi connectivity index (χ1) is 7.58. The predicted octanol–water partition coefficient (Wildman–Crippen LogP) is 2.74. The highest BCUT2D eigenvalue weighted by atomic mass is 35.5. The molecule has 0 fully saturated rings. The smallest absolute Gasteiger partial charge is 0.358 e. The molecule has 0 saturated carbocycles. The van der Waals surface area contributed by atoms with Gasteiger partial charge in [0.1, 0.15) is 6.20 Å². The minimum Gasteiger partial charge on any atom is -0.358 e. The molecule has 1 aromatic heterocycles. The van der Waals surface area contributed by atoms with Crippen LogP contribution in [0, 0.1) is 17.0 Å². The van der Waals surface area contributed by atoms with Crippen molar-refractivity contribution in [3.63, 3.8) is 0 Å². The second kappa shape index (κ2) is 3.94. The molecule has 5 nitrogen and oxygen atoms in total. The van der Waals surface area contributed by atoms with E-state index < -0.39 is 4.92 Å². The zero-order chi connectivity index (χ0) is 11.7. The fourth-order valence-corrected chi connectivity index (χ4v) is 1.62. The molecular weight excluding hydrogens is 230 g/mol. The monoisotopic (exact) mass is 237 g/mol. The Balaban J connectivity index is 2.52. The number of benzene rings is 1. The number of aromatic nitrogens is 2. The molecule has 16 heavy (non-hydrogen) atoms. The summed E-state index contributed by atoms with van der Waals surface area (Å²) in [6.07, 6.45) is 1.38. The molecule has 0 unspecified atom stereocenters. The summed E-state index contributed by atoms with van der Waals surface area (Å²) >= 11 is 5.85. The lowest BCUT2D eigenvalue weighted by Crippen LogP contribution is -1.94. The fraction of sp³-hybridized carbons (Fsp3) is 0.100. The molecule has 0 N–H and O–H groups in total. The maximum absolute atomic E-state index is 10.6. The van der Waals surface area contributed by atoms with Crippen molar-refractivity contribution in [1.82, 2.24) is 9.55 Å². The highest BCUT2D eigenvalue weighted by Gasteiger charge is 2.15. The van der Waals surface area contributed by atoms with E-state index in [1.807, 2.05) is 6.07 Å². The molecule has 0 aliphatic carbocycles. The Labute approximate surface area is 96.4 Å². The molecule has 2 aromatic rings. The molecule has 6 heteroatoms. The van der Waals surface area contributed by atoms with Gasteiger partial charge in [-0.25, -0.2) is 0 Å². The van der Waals surface area contributed by atoms with Crippen molar-refractivity contribution < 1.29 is 4.92 Å². The van der Waals surface area contributed by atoms with Gasteiger partial charge < -0.3 is 10.1 Å². The van der Waals surface area contributed by atoms with Crippen molar-refractivity contribution >= 4 is 17.4 Å². The molecule has 0 amide bonds. The van der Waals surface area contributed by atoms with Gasteiger partial charge in [-0.2, -0.15) is 0 Å². The Hall–Kier alpha value is -1.88. The Morgan fingerprint density at radius 3 is 2.81 bits per heavy atom. The Morgan fingerprint density at radius 2 is 2.25 bits per heavy atom. The van der Waals surface area contributed by atoms with Crippen LogP contribution in [0.1, 0.15) is 5.82 Å². The van der Waals surface area contributed by atoms with Gasteiger partial charge in [0.25, 0.3) is 0 Å². The number of hydrogen-bond donors (Lipinski definition) is 0. The Kier molecular flexibility index (Phi) is 2.62. The summed E-state index contributed by atoms with van der Waals surface area (Å²) in [7, 11) is 0. The van der Waals surface area contributed by atoms with Crippen LogP contribution in [0.2, 0.25) is 5.02 Å². The summed E-state index contributed by atoms with van der Waals surface area (Å²) in [6.45, 7) is 1.70. The van der Waals surface area contributed by atoms with Crippen LogP contribution in [0.5, 0.6) is 0 Å². The van der Waals surface area contributed by atoms with E-state index in [1.54, 1.807) is 29.7 Å². The van der Waals surface area contributed by atoms with Crippen LogP contribution in [-0.4, -0.2) is 14.5 Å². The van der Waals surface area contributed by atoms with Gasteiger partial charge in [-0.15, -0.1) is 0 Å². The van der Waals surface area contributed by atoms with Crippen molar-refractivity contribution in [2.75, 3.05) is 0 Å². The molecular formula is C10H8ClN3O2. The standard InChI is InChI=1S/C10H8ClN3O2/c1-7-12-10(14(15)16)6-13(7)9-4-2-3-8(11)5-9/h2-6H,1H3. The molecule has 0 spiro atoms. The SMILES string of the molecule is Cc1nc([N+](=O)[O-])cn1-c1cccc(Cl)c1. The molecule has 1 aromatic carbocycles. The van der Waals surface area contributed by atoms with E-state index in [1.165, 1.54) is 6.20 Å². The van der Waals surface area contributed by atoms with Gasteiger partial charge >= 0.3 is 5.82 Å². The minimum atomic E-state index is -0.520. The van der Waals surface area contributed by atoms with Gasteiger partial charge in [-0.3, -0.25) is 4.57 Å². The maximum atomic E-state index is 10.6. The number of aryl methyl sites for hydroxylation is 1. The highest BCUT2D eigenvalue weighted by Crippen LogP contribution is 2.19. The molecule has 0 atom stereocenters. The molecule has 0 aliphatic heterocycles. The van der Waals surface area contributed by atoms with E-state index >= 15 is 0 Å². The first-order valence-electron chi connectivity index (χ1n) is 4.54. The van der Waals surface area contributed by atoms with E-state index in [0.717, 1.165) is 5.69 Å². The quantitative estimate of drug-likeness (QED) is 0.596. The summed E-state index contributed by atoms with van der Waals surface area (Å²) in [4.78, 5) is 13.9. The van der Waals surface area contributed by atoms with E-state index in [2.05, 4.69) is 4.98 Å². The third kappa shape index (κ3) is 1.90. The summed E-state index contributed by atoms with van der Waals surface area (Å²) in [5.41, 5.74) is 0.755. The van der Waals surface area contributed by atoms with Crippen molar-refractivity contribution in [1.29, 1.82) is 0 Å². The normalized spacial score (nSPS) is 10.4. The van der Waals surface area contributed by atoms with Crippen LogP contribution < -0.4 is 0 Å². The summed E-state index contributed by atoms with van der Waals surface area (Å²) < 4.78 is 1.63. The first kappa shape index (κ1) is 10.6. The largest absolute Gasteiger partial charge is 0.382 e. The average molecular weight is 238 g/mol. The summed E-state index contributed by atoms with van der Waals surface area (Å²) in [5.74, 6) is 0.381. The number of nitro groups is 1. The summed E-state index contributed by atoms with van der Waals surface area (Å²) in [5, 5.41) is 11.1. The second-order valence-electron chi connectivity index (χ2n) is 3.25. The van der Waals surface area contributed by atoms with Crippen LogP contribution in [0.15, 0.2) is 30.5 Å². The maximum Gasteiger partial charge on any atom is 0.382 e. The van der Waals surface area contributed by atoms with Crippen LogP contribution in [0.25, 0.3) is 5.69 Å². The molecule has 2 rings (SSSR count). The fourth-order valence-electron chi connectivity index (χ4n) is 1.43. The van der Waals surface area contributed by atoms with Crippen LogP contribution >= 0.6 is 11.6 Å². The van der Waals surface area contributed by atoms with Gasteiger partial charge in [0, 0.05) is 11.9 Å². The van der Waals surface area contributed by atoms with Crippen molar-refractivity contribution in [3.05, 3.63) is 51.4 Å². The molecule has 0 aliphatic rings. The number of halogens is 1. The van der Waals surface area contributed by atoms with E-state index in [0.29, 0.717) is 10.8 Å². The number of imidazole rings is 1. The van der Waals surface area contributed by atoms with Crippen LogP contribution in [0.3, 0.4) is 0 Å². The van der Waals surface area contributed by atoms with Crippen molar-refractivity contribution in [2.24, 2.45) is 0 Å². The third-order valence-electron chi connectivity index (χ3n) is 2.14.